The van der Waals surface area contributed by atoms with Crippen LogP contribution in [0.4, 0.5) is 0 Å². The van der Waals surface area contributed by atoms with Gasteiger partial charge in [0, 0.05) is 0 Å². The summed E-state index contributed by atoms with van der Waals surface area (Å²) in [5.41, 5.74) is 0. The molecule has 0 aromatic heterocycles. The first-order chi connectivity index (χ1) is 3.46. The van der Waals surface area contributed by atoms with Crippen LogP contribution in [0, 0.1) is 0 Å². The van der Waals surface area contributed by atoms with Gasteiger partial charge in [0.15, 0.2) is 0 Å². The van der Waals surface area contributed by atoms with Crippen molar-refractivity contribution in [3.05, 3.63) is 0 Å². The Labute approximate surface area is 67.1 Å². The maximum atomic E-state index is 9.44. The predicted molar refractivity (Wildman–Crippen MR) is 43.7 cm³/mol. The topological polar surface area (TPSA) is 17.1 Å². The molecule has 0 fully saturated rings. The summed E-state index contributed by atoms with van der Waals surface area (Å²) >= 11 is 6.38. The first-order valence-corrected chi connectivity index (χ1v) is 4.05. The lowest BCUT2D eigenvalue weighted by Gasteiger charge is -1.73. The van der Waals surface area contributed by atoms with Crippen LogP contribution in [0.25, 0.3) is 0 Å². The average molecular weight is 246 g/mol. The zero-order valence-electron chi connectivity index (χ0n) is 5.24. The van der Waals surface area contributed by atoms with E-state index in [0.717, 1.165) is 0 Å². The SMILES string of the molecule is CC(Br)Br.CC(C)=O. The lowest BCUT2D eigenvalue weighted by molar-refractivity contribution is -0.114. The van der Waals surface area contributed by atoms with Gasteiger partial charge in [-0.25, -0.2) is 0 Å². The fraction of sp³-hybridized carbons (Fsp3) is 0.800. The summed E-state index contributed by atoms with van der Waals surface area (Å²) in [5.74, 6) is 0.167. The molecule has 0 heterocycles. The van der Waals surface area contributed by atoms with Crippen molar-refractivity contribution in [3.63, 3.8) is 0 Å². The number of carbonyl (C=O) groups is 1. The summed E-state index contributed by atoms with van der Waals surface area (Å²) in [5, 5.41) is 0. The van der Waals surface area contributed by atoms with Crippen LogP contribution in [0.2, 0.25) is 0 Å². The molecule has 50 valence electrons. The molecular weight excluding hydrogens is 236 g/mol. The molecule has 0 aliphatic rings. The Balaban J connectivity index is 0. The van der Waals surface area contributed by atoms with E-state index >= 15 is 0 Å². The fourth-order valence-electron chi connectivity index (χ4n) is 0. The van der Waals surface area contributed by atoms with Crippen LogP contribution in [0.5, 0.6) is 0 Å². The molecule has 0 N–H and O–H groups in total. The Morgan fingerprint density at radius 3 is 1.38 bits per heavy atom. The Hall–Kier alpha value is 0.630. The van der Waals surface area contributed by atoms with Gasteiger partial charge in [-0.15, -0.1) is 0 Å². The third-order valence-electron chi connectivity index (χ3n) is 0. The molecule has 0 spiro atoms. The van der Waals surface area contributed by atoms with Crippen molar-refractivity contribution in [3.8, 4) is 0 Å². The fourth-order valence-corrected chi connectivity index (χ4v) is 0. The molecule has 0 unspecified atom stereocenters. The minimum Gasteiger partial charge on any atom is -0.300 e. The minimum atomic E-state index is 0.167. The summed E-state index contributed by atoms with van der Waals surface area (Å²) in [6.45, 7) is 5.06. The van der Waals surface area contributed by atoms with E-state index < -0.39 is 0 Å². The smallest absolute Gasteiger partial charge is 0.126 e. The number of hydrogen-bond acceptors (Lipinski definition) is 1. The van der Waals surface area contributed by atoms with Crippen molar-refractivity contribution in [2.45, 2.75) is 24.5 Å². The number of Topliss-reactive ketones (excluding diaryl/α,β-unsaturated/α-hetero) is 1. The van der Waals surface area contributed by atoms with Crippen molar-refractivity contribution < 1.29 is 4.79 Å². The Bertz CT molecular complexity index is 54.7. The molecule has 1 nitrogen and oxygen atoms in total. The Morgan fingerprint density at radius 1 is 1.38 bits per heavy atom. The zero-order valence-corrected chi connectivity index (χ0v) is 8.41. The van der Waals surface area contributed by atoms with E-state index in [9.17, 15) is 4.79 Å². The van der Waals surface area contributed by atoms with Gasteiger partial charge in [-0.3, -0.25) is 0 Å². The van der Waals surface area contributed by atoms with Gasteiger partial charge in [-0.1, -0.05) is 31.9 Å². The van der Waals surface area contributed by atoms with Gasteiger partial charge < -0.3 is 4.79 Å². The van der Waals surface area contributed by atoms with Gasteiger partial charge in [0.05, 0.1) is 3.74 Å². The van der Waals surface area contributed by atoms with Crippen LogP contribution in [-0.4, -0.2) is 9.52 Å². The van der Waals surface area contributed by atoms with Crippen LogP contribution in [-0.2, 0) is 4.79 Å². The monoisotopic (exact) mass is 244 g/mol. The zero-order chi connectivity index (χ0) is 7.15. The number of alkyl halides is 2. The lowest BCUT2D eigenvalue weighted by Crippen LogP contribution is -1.69. The van der Waals surface area contributed by atoms with Crippen LogP contribution >= 0.6 is 31.9 Å². The van der Waals surface area contributed by atoms with E-state index in [1.165, 1.54) is 13.8 Å². The third kappa shape index (κ3) is 529. The maximum Gasteiger partial charge on any atom is 0.126 e. The highest BCUT2D eigenvalue weighted by molar-refractivity contribution is 9.24. The van der Waals surface area contributed by atoms with Gasteiger partial charge >= 0.3 is 0 Å². The van der Waals surface area contributed by atoms with Gasteiger partial charge in [-0.2, -0.15) is 0 Å². The highest BCUT2D eigenvalue weighted by Gasteiger charge is 1.74. The normalized spacial score (nSPS) is 7.75. The van der Waals surface area contributed by atoms with Crippen molar-refractivity contribution in [2.75, 3.05) is 0 Å². The van der Waals surface area contributed by atoms with E-state index in [1.807, 2.05) is 6.92 Å². The number of rotatable bonds is 0. The number of carbonyl (C=O) groups excluding carboxylic acids is 1. The van der Waals surface area contributed by atoms with E-state index in [0.29, 0.717) is 3.74 Å². The second-order valence-electron chi connectivity index (χ2n) is 1.43. The van der Waals surface area contributed by atoms with Crippen molar-refractivity contribution in [2.24, 2.45) is 0 Å². The molecule has 0 saturated carbocycles. The molecule has 0 aliphatic carbocycles. The molecule has 0 aromatic carbocycles. The summed E-state index contributed by atoms with van der Waals surface area (Å²) in [6.07, 6.45) is 0. The molecule has 0 rings (SSSR count). The predicted octanol–water partition coefficient (Wildman–Crippen LogP) is 2.72. The van der Waals surface area contributed by atoms with Crippen LogP contribution in [0.1, 0.15) is 20.8 Å². The lowest BCUT2D eigenvalue weighted by atomic mass is 10.6. The number of ketones is 1. The van der Waals surface area contributed by atoms with Gasteiger partial charge in [-0.05, 0) is 20.8 Å². The summed E-state index contributed by atoms with van der Waals surface area (Å²) in [7, 11) is 0. The number of halogens is 2. The molecule has 8 heavy (non-hydrogen) atoms. The van der Waals surface area contributed by atoms with Gasteiger partial charge in [0.2, 0.25) is 0 Å². The van der Waals surface area contributed by atoms with Crippen LogP contribution < -0.4 is 0 Å². The van der Waals surface area contributed by atoms with E-state index in [1.54, 1.807) is 0 Å². The molecule has 3 heteroatoms. The molecule has 0 aliphatic heterocycles. The third-order valence-corrected chi connectivity index (χ3v) is 0. The summed E-state index contributed by atoms with van der Waals surface area (Å²) in [6, 6.07) is 0. The first-order valence-electron chi connectivity index (χ1n) is 2.22. The average Bonchev–Trinajstić information content (AvgIpc) is 1.25. The van der Waals surface area contributed by atoms with E-state index in [-0.39, 0.29) is 5.78 Å². The van der Waals surface area contributed by atoms with Gasteiger partial charge in [0.25, 0.3) is 0 Å². The minimum absolute atomic E-state index is 0.167. The highest BCUT2D eigenvalue weighted by Crippen LogP contribution is 2.03. The Morgan fingerprint density at radius 2 is 1.38 bits per heavy atom. The molecule has 0 radical (unpaired) electrons. The maximum absolute atomic E-state index is 9.44. The highest BCUT2D eigenvalue weighted by atomic mass is 79.9. The summed E-state index contributed by atoms with van der Waals surface area (Å²) < 4.78 is 0.458. The molecule has 0 atom stereocenters. The number of hydrogen-bond donors (Lipinski definition) is 0. The van der Waals surface area contributed by atoms with Crippen LogP contribution in [0.15, 0.2) is 0 Å². The standard InChI is InChI=1S/C3H6O.C2H4Br2/c1-3(2)4;1-2(3)4/h1-2H3;2H,1H3. The van der Waals surface area contributed by atoms with Crippen molar-refractivity contribution in [1.29, 1.82) is 0 Å². The molecule has 0 bridgehead atoms. The van der Waals surface area contributed by atoms with E-state index in [4.69, 9.17) is 0 Å². The van der Waals surface area contributed by atoms with Crippen molar-refractivity contribution >= 4 is 37.6 Å². The van der Waals surface area contributed by atoms with E-state index in [2.05, 4.69) is 31.9 Å². The van der Waals surface area contributed by atoms with Crippen LogP contribution in [0.3, 0.4) is 0 Å². The quantitative estimate of drug-likeness (QED) is 0.600. The second-order valence-corrected chi connectivity index (χ2v) is 5.40. The molecule has 0 amide bonds. The molecular formula is C5H10Br2O. The second kappa shape index (κ2) is 7.63. The summed E-state index contributed by atoms with van der Waals surface area (Å²) in [4.78, 5) is 9.44. The molecule has 0 saturated heterocycles. The van der Waals surface area contributed by atoms with Crippen molar-refractivity contribution in [1.82, 2.24) is 0 Å². The Kier molecular flexibility index (Phi) is 10.9. The largest absolute Gasteiger partial charge is 0.300 e. The van der Waals surface area contributed by atoms with Gasteiger partial charge in [0.1, 0.15) is 5.78 Å². The first kappa shape index (κ1) is 11.4. The molecule has 0 aromatic rings.